The quantitative estimate of drug-likeness (QED) is 0.771. The van der Waals surface area contributed by atoms with Gasteiger partial charge in [0.1, 0.15) is 5.75 Å². The number of benzene rings is 1. The summed E-state index contributed by atoms with van der Waals surface area (Å²) in [7, 11) is -2.00. The number of aryl methyl sites for hydroxylation is 2. The summed E-state index contributed by atoms with van der Waals surface area (Å²) < 4.78 is 47.4. The first-order valence-electron chi connectivity index (χ1n) is 4.32. The molecule has 0 radical (unpaired) electrons. The second-order valence-corrected chi connectivity index (χ2v) is 4.79. The van der Waals surface area contributed by atoms with Gasteiger partial charge in [0.25, 0.3) is 0 Å². The standard InChI is InChI=1S/C10H11F3OS/c1-7-3-4-9(8(2)5-7)15(14)6-10(11,12)13/h3-5H,6H2,1-2H3. The first-order chi connectivity index (χ1) is 6.79. The molecule has 0 aliphatic rings. The van der Waals surface area contributed by atoms with Crippen LogP contribution < -0.4 is 0 Å². The number of hydrogen-bond donors (Lipinski definition) is 0. The molecule has 15 heavy (non-hydrogen) atoms. The highest BCUT2D eigenvalue weighted by Crippen LogP contribution is 2.22. The van der Waals surface area contributed by atoms with Gasteiger partial charge in [-0.2, -0.15) is 13.2 Å². The molecule has 1 aromatic rings. The summed E-state index contributed by atoms with van der Waals surface area (Å²) in [6.45, 7) is 3.50. The molecule has 0 aliphatic heterocycles. The Morgan fingerprint density at radius 2 is 1.87 bits per heavy atom. The molecular weight excluding hydrogens is 225 g/mol. The van der Waals surface area contributed by atoms with Crippen LogP contribution in [0.4, 0.5) is 13.2 Å². The van der Waals surface area contributed by atoms with Crippen molar-refractivity contribution in [3.8, 4) is 0 Å². The molecule has 0 aliphatic carbocycles. The van der Waals surface area contributed by atoms with E-state index in [1.165, 1.54) is 6.07 Å². The van der Waals surface area contributed by atoms with Crippen molar-refractivity contribution >= 4 is 10.8 Å². The van der Waals surface area contributed by atoms with Gasteiger partial charge in [-0.3, -0.25) is 4.21 Å². The van der Waals surface area contributed by atoms with E-state index in [0.717, 1.165) is 5.56 Å². The van der Waals surface area contributed by atoms with Gasteiger partial charge in [-0.05, 0) is 25.5 Å². The summed E-state index contributed by atoms with van der Waals surface area (Å²) in [4.78, 5) is 0.262. The summed E-state index contributed by atoms with van der Waals surface area (Å²) in [6, 6.07) is 4.88. The van der Waals surface area contributed by atoms with Crippen LogP contribution in [0.25, 0.3) is 0 Å². The highest BCUT2D eigenvalue weighted by atomic mass is 32.2. The minimum Gasteiger partial charge on any atom is -0.254 e. The number of alkyl halides is 3. The third kappa shape index (κ3) is 3.66. The van der Waals surface area contributed by atoms with Gasteiger partial charge >= 0.3 is 6.18 Å². The van der Waals surface area contributed by atoms with Crippen LogP contribution in [0.1, 0.15) is 11.1 Å². The monoisotopic (exact) mass is 236 g/mol. The first kappa shape index (κ1) is 12.2. The maximum atomic E-state index is 12.0. The van der Waals surface area contributed by atoms with Crippen LogP contribution in [0.3, 0.4) is 0 Å². The van der Waals surface area contributed by atoms with Crippen molar-refractivity contribution in [1.29, 1.82) is 0 Å². The van der Waals surface area contributed by atoms with E-state index in [2.05, 4.69) is 0 Å². The summed E-state index contributed by atoms with van der Waals surface area (Å²) in [5.41, 5.74) is 1.58. The summed E-state index contributed by atoms with van der Waals surface area (Å²) in [5.74, 6) is -1.28. The van der Waals surface area contributed by atoms with Crippen LogP contribution in [0, 0.1) is 13.8 Å². The van der Waals surface area contributed by atoms with Crippen LogP contribution in [-0.2, 0) is 10.8 Å². The van der Waals surface area contributed by atoms with Gasteiger partial charge in [0, 0.05) is 4.90 Å². The molecule has 0 saturated carbocycles. The molecule has 0 N–H and O–H groups in total. The second kappa shape index (κ2) is 4.35. The average Bonchev–Trinajstić information content (AvgIpc) is 1.99. The zero-order chi connectivity index (χ0) is 11.6. The average molecular weight is 236 g/mol. The van der Waals surface area contributed by atoms with E-state index in [1.807, 2.05) is 6.92 Å². The molecular formula is C10H11F3OS. The molecule has 1 unspecified atom stereocenters. The molecule has 0 amide bonds. The van der Waals surface area contributed by atoms with E-state index < -0.39 is 22.7 Å². The fourth-order valence-electron chi connectivity index (χ4n) is 1.28. The molecule has 0 saturated heterocycles. The van der Waals surface area contributed by atoms with Gasteiger partial charge in [-0.15, -0.1) is 0 Å². The van der Waals surface area contributed by atoms with Gasteiger partial charge in [0.15, 0.2) is 0 Å². The lowest BCUT2D eigenvalue weighted by atomic mass is 10.2. The smallest absolute Gasteiger partial charge is 0.254 e. The predicted octanol–water partition coefficient (Wildman–Crippen LogP) is 2.97. The molecule has 1 atom stereocenters. The Hall–Kier alpha value is -0.840. The molecule has 0 fully saturated rings. The van der Waals surface area contributed by atoms with E-state index >= 15 is 0 Å². The van der Waals surface area contributed by atoms with E-state index in [-0.39, 0.29) is 4.90 Å². The normalized spacial score (nSPS) is 13.9. The zero-order valence-electron chi connectivity index (χ0n) is 8.39. The van der Waals surface area contributed by atoms with E-state index in [9.17, 15) is 17.4 Å². The predicted molar refractivity (Wildman–Crippen MR) is 53.2 cm³/mol. The summed E-state index contributed by atoms with van der Waals surface area (Å²) in [6.07, 6.45) is -4.39. The SMILES string of the molecule is Cc1ccc(S(=O)CC(F)(F)F)c(C)c1. The lowest BCUT2D eigenvalue weighted by molar-refractivity contribution is -0.105. The van der Waals surface area contributed by atoms with Gasteiger partial charge < -0.3 is 0 Å². The van der Waals surface area contributed by atoms with Gasteiger partial charge in [-0.25, -0.2) is 0 Å². The molecule has 1 nitrogen and oxygen atoms in total. The fraction of sp³-hybridized carbons (Fsp3) is 0.400. The molecule has 5 heteroatoms. The van der Waals surface area contributed by atoms with Gasteiger partial charge in [0.05, 0.1) is 10.8 Å². The Morgan fingerprint density at radius 3 is 2.33 bits per heavy atom. The third-order valence-corrected chi connectivity index (χ3v) is 3.41. The van der Waals surface area contributed by atoms with E-state index in [1.54, 1.807) is 19.1 Å². The van der Waals surface area contributed by atoms with Crippen molar-refractivity contribution in [2.75, 3.05) is 5.75 Å². The van der Waals surface area contributed by atoms with Gasteiger partial charge in [0.2, 0.25) is 0 Å². The highest BCUT2D eigenvalue weighted by molar-refractivity contribution is 7.85. The van der Waals surface area contributed by atoms with Crippen LogP contribution >= 0.6 is 0 Å². The zero-order valence-corrected chi connectivity index (χ0v) is 9.21. The van der Waals surface area contributed by atoms with Crippen molar-refractivity contribution in [2.24, 2.45) is 0 Å². The first-order valence-corrected chi connectivity index (χ1v) is 5.64. The summed E-state index contributed by atoms with van der Waals surface area (Å²) in [5, 5.41) is 0. The lowest BCUT2D eigenvalue weighted by Crippen LogP contribution is -2.19. The van der Waals surface area contributed by atoms with Crippen LogP contribution in [0.15, 0.2) is 23.1 Å². The van der Waals surface area contributed by atoms with Crippen LogP contribution in [-0.4, -0.2) is 16.1 Å². The van der Waals surface area contributed by atoms with Crippen LogP contribution in [0.2, 0.25) is 0 Å². The Bertz CT molecular complexity index is 385. The molecule has 0 spiro atoms. The molecule has 1 aromatic carbocycles. The second-order valence-electron chi connectivity index (χ2n) is 3.37. The third-order valence-electron chi connectivity index (χ3n) is 1.87. The molecule has 84 valence electrons. The highest BCUT2D eigenvalue weighted by Gasteiger charge is 2.31. The van der Waals surface area contributed by atoms with Crippen molar-refractivity contribution in [1.82, 2.24) is 0 Å². The minimum absolute atomic E-state index is 0.262. The topological polar surface area (TPSA) is 17.1 Å². The van der Waals surface area contributed by atoms with Crippen molar-refractivity contribution < 1.29 is 17.4 Å². The fourth-order valence-corrected chi connectivity index (χ4v) is 2.37. The Kier molecular flexibility index (Phi) is 3.54. The minimum atomic E-state index is -4.39. The largest absolute Gasteiger partial charge is 0.400 e. The van der Waals surface area contributed by atoms with Crippen LogP contribution in [0.5, 0.6) is 0 Å². The van der Waals surface area contributed by atoms with Crippen molar-refractivity contribution in [3.05, 3.63) is 29.3 Å². The molecule has 0 bridgehead atoms. The van der Waals surface area contributed by atoms with E-state index in [0.29, 0.717) is 5.56 Å². The summed E-state index contributed by atoms with van der Waals surface area (Å²) >= 11 is 0. The van der Waals surface area contributed by atoms with Gasteiger partial charge in [-0.1, -0.05) is 17.7 Å². The molecule has 0 aromatic heterocycles. The lowest BCUT2D eigenvalue weighted by Gasteiger charge is -2.09. The number of hydrogen-bond acceptors (Lipinski definition) is 1. The van der Waals surface area contributed by atoms with Crippen molar-refractivity contribution in [2.45, 2.75) is 24.9 Å². The Balaban J connectivity index is 2.92. The molecule has 0 heterocycles. The molecule has 1 rings (SSSR count). The number of halogens is 3. The van der Waals surface area contributed by atoms with E-state index in [4.69, 9.17) is 0 Å². The Labute approximate surface area is 88.8 Å². The van der Waals surface area contributed by atoms with Crippen molar-refractivity contribution in [3.63, 3.8) is 0 Å². The maximum Gasteiger partial charge on any atom is 0.400 e. The maximum absolute atomic E-state index is 12.0. The number of rotatable bonds is 2. The Morgan fingerprint density at radius 1 is 1.27 bits per heavy atom.